The summed E-state index contributed by atoms with van der Waals surface area (Å²) in [6, 6.07) is 8.57. The number of benzene rings is 1. The smallest absolute Gasteiger partial charge is 0.325 e. The van der Waals surface area contributed by atoms with Crippen LogP contribution in [0.15, 0.2) is 34.2 Å². The maximum atomic E-state index is 11.7. The fourth-order valence-electron chi connectivity index (χ4n) is 1.42. The summed E-state index contributed by atoms with van der Waals surface area (Å²) < 4.78 is 1.33. The van der Waals surface area contributed by atoms with Crippen LogP contribution in [0.2, 0.25) is 0 Å². The lowest BCUT2D eigenvalue weighted by Gasteiger charge is -2.04. The van der Waals surface area contributed by atoms with Gasteiger partial charge in [0.25, 0.3) is 0 Å². The van der Waals surface area contributed by atoms with E-state index in [4.69, 9.17) is 5.26 Å². The molecule has 0 aliphatic carbocycles. The van der Waals surface area contributed by atoms with Gasteiger partial charge in [-0.15, -0.1) is 5.10 Å². The number of rotatable bonds is 4. The zero-order valence-corrected chi connectivity index (χ0v) is 11.4. The maximum Gasteiger partial charge on any atom is 0.343 e. The number of nitrogens with one attached hydrogen (secondary N) is 2. The third kappa shape index (κ3) is 3.27. The fraction of sp³-hybridized carbons (Fsp3) is 0.167. The Kier molecular flexibility index (Phi) is 4.22. The van der Waals surface area contributed by atoms with E-state index in [9.17, 15) is 9.59 Å². The molecule has 7 nitrogen and oxygen atoms in total. The molecule has 2 rings (SSSR count). The number of nitrogens with zero attached hydrogens (tertiary/aromatic N) is 3. The number of nitriles is 1. The van der Waals surface area contributed by atoms with Crippen LogP contribution >= 0.6 is 11.8 Å². The molecule has 8 heteroatoms. The highest BCUT2D eigenvalue weighted by molar-refractivity contribution is 7.99. The van der Waals surface area contributed by atoms with Crippen LogP contribution in [0.3, 0.4) is 0 Å². The van der Waals surface area contributed by atoms with Crippen molar-refractivity contribution < 1.29 is 4.79 Å². The fourth-order valence-corrected chi connectivity index (χ4v) is 2.14. The maximum absolute atomic E-state index is 11.7. The highest BCUT2D eigenvalue weighted by Crippen LogP contribution is 2.13. The first-order valence-electron chi connectivity index (χ1n) is 5.64. The Hall–Kier alpha value is -2.53. The Labute approximate surface area is 118 Å². The molecule has 102 valence electrons. The van der Waals surface area contributed by atoms with Gasteiger partial charge < -0.3 is 5.32 Å². The van der Waals surface area contributed by atoms with E-state index >= 15 is 0 Å². The van der Waals surface area contributed by atoms with E-state index in [2.05, 4.69) is 15.5 Å². The predicted octanol–water partition coefficient (Wildman–Crippen LogP) is 0.711. The topological polar surface area (TPSA) is 104 Å². The van der Waals surface area contributed by atoms with Crippen molar-refractivity contribution in [3.05, 3.63) is 40.3 Å². The number of amides is 1. The molecule has 1 heterocycles. The van der Waals surface area contributed by atoms with E-state index in [1.165, 1.54) is 4.57 Å². The van der Waals surface area contributed by atoms with Gasteiger partial charge in [-0.05, 0) is 24.3 Å². The van der Waals surface area contributed by atoms with Gasteiger partial charge in [0.05, 0.1) is 17.4 Å². The normalized spacial score (nSPS) is 10.0. The molecule has 0 radical (unpaired) electrons. The summed E-state index contributed by atoms with van der Waals surface area (Å²) in [7, 11) is 1.58. The predicted molar refractivity (Wildman–Crippen MR) is 74.3 cm³/mol. The Morgan fingerprint density at radius 1 is 1.50 bits per heavy atom. The van der Waals surface area contributed by atoms with Crippen LogP contribution in [0.1, 0.15) is 5.56 Å². The van der Waals surface area contributed by atoms with Crippen molar-refractivity contribution in [3.63, 3.8) is 0 Å². The van der Waals surface area contributed by atoms with E-state index in [-0.39, 0.29) is 17.3 Å². The van der Waals surface area contributed by atoms with Gasteiger partial charge in [0, 0.05) is 12.7 Å². The summed E-state index contributed by atoms with van der Waals surface area (Å²) in [5.74, 6) is -0.0758. The molecule has 1 amide bonds. The molecule has 0 unspecified atom stereocenters. The molecule has 0 bridgehead atoms. The number of aromatic nitrogens is 3. The third-order valence-corrected chi connectivity index (χ3v) is 3.50. The Morgan fingerprint density at radius 2 is 2.20 bits per heavy atom. The highest BCUT2D eigenvalue weighted by Gasteiger charge is 2.08. The van der Waals surface area contributed by atoms with Gasteiger partial charge in [0.2, 0.25) is 5.91 Å². The number of hydrogen-bond acceptors (Lipinski definition) is 5. The molecule has 1 aromatic carbocycles. The summed E-state index contributed by atoms with van der Waals surface area (Å²) in [5, 5.41) is 17.9. The zero-order valence-electron chi connectivity index (χ0n) is 10.6. The lowest BCUT2D eigenvalue weighted by molar-refractivity contribution is -0.113. The lowest BCUT2D eigenvalue weighted by atomic mass is 10.2. The van der Waals surface area contributed by atoms with E-state index in [1.807, 2.05) is 6.07 Å². The largest absolute Gasteiger partial charge is 0.343 e. The van der Waals surface area contributed by atoms with Crippen molar-refractivity contribution in [2.45, 2.75) is 5.16 Å². The van der Waals surface area contributed by atoms with Gasteiger partial charge in [-0.25, -0.2) is 9.89 Å². The van der Waals surface area contributed by atoms with E-state index < -0.39 is 0 Å². The average Bonchev–Trinajstić information content (AvgIpc) is 2.77. The van der Waals surface area contributed by atoms with Crippen molar-refractivity contribution in [1.29, 1.82) is 5.26 Å². The van der Waals surface area contributed by atoms with Crippen LogP contribution < -0.4 is 11.0 Å². The van der Waals surface area contributed by atoms with Gasteiger partial charge in [0.1, 0.15) is 0 Å². The summed E-state index contributed by atoms with van der Waals surface area (Å²) in [5.41, 5.74) is 0.828. The summed E-state index contributed by atoms with van der Waals surface area (Å²) in [6.07, 6.45) is 0. The number of carbonyl (C=O) groups excluding carboxylic acids is 1. The van der Waals surface area contributed by atoms with Gasteiger partial charge in [0.15, 0.2) is 5.16 Å². The zero-order chi connectivity index (χ0) is 14.5. The quantitative estimate of drug-likeness (QED) is 0.807. The monoisotopic (exact) mass is 289 g/mol. The van der Waals surface area contributed by atoms with Crippen LogP contribution in [0.5, 0.6) is 0 Å². The third-order valence-electron chi connectivity index (χ3n) is 2.47. The van der Waals surface area contributed by atoms with Crippen LogP contribution in [0.25, 0.3) is 0 Å². The van der Waals surface area contributed by atoms with E-state index in [0.29, 0.717) is 16.4 Å². The van der Waals surface area contributed by atoms with Crippen LogP contribution in [0.4, 0.5) is 5.69 Å². The second kappa shape index (κ2) is 6.08. The van der Waals surface area contributed by atoms with E-state index in [1.54, 1.807) is 31.3 Å². The second-order valence-corrected chi connectivity index (χ2v) is 4.84. The number of carbonyl (C=O) groups is 1. The van der Waals surface area contributed by atoms with Crippen LogP contribution in [-0.2, 0) is 11.8 Å². The molecule has 0 spiro atoms. The second-order valence-electron chi connectivity index (χ2n) is 3.90. The summed E-state index contributed by atoms with van der Waals surface area (Å²) in [4.78, 5) is 22.9. The number of thioether (sulfide) groups is 1. The average molecular weight is 289 g/mol. The van der Waals surface area contributed by atoms with E-state index in [0.717, 1.165) is 11.8 Å². The molecule has 0 aliphatic heterocycles. The Bertz CT molecular complexity index is 711. The van der Waals surface area contributed by atoms with Gasteiger partial charge in [-0.1, -0.05) is 11.8 Å². The van der Waals surface area contributed by atoms with Crippen LogP contribution in [0, 0.1) is 11.3 Å². The van der Waals surface area contributed by atoms with Crippen molar-refractivity contribution in [2.75, 3.05) is 11.1 Å². The molecular weight excluding hydrogens is 278 g/mol. The Balaban J connectivity index is 1.91. The first-order chi connectivity index (χ1) is 9.60. The molecule has 2 aromatic rings. The minimum absolute atomic E-state index is 0.137. The minimum Gasteiger partial charge on any atom is -0.325 e. The first kappa shape index (κ1) is 13.9. The molecule has 0 atom stereocenters. The van der Waals surface area contributed by atoms with Crippen molar-refractivity contribution in [3.8, 4) is 6.07 Å². The number of aromatic amines is 1. The van der Waals surface area contributed by atoms with Crippen LogP contribution in [-0.4, -0.2) is 26.4 Å². The summed E-state index contributed by atoms with van der Waals surface area (Å²) in [6.45, 7) is 0. The summed E-state index contributed by atoms with van der Waals surface area (Å²) >= 11 is 1.16. The first-order valence-corrected chi connectivity index (χ1v) is 6.63. The van der Waals surface area contributed by atoms with Crippen molar-refractivity contribution in [1.82, 2.24) is 14.8 Å². The minimum atomic E-state index is -0.319. The molecule has 0 aliphatic rings. The molecule has 0 saturated heterocycles. The number of H-pyrrole nitrogens is 1. The standard InChI is InChI=1S/C12H11N5O2S/c1-17-11(19)15-16-12(17)20-7-10(18)14-9-4-2-8(6-13)3-5-9/h2-5H,7H2,1H3,(H,14,18)(H,15,19). The molecule has 1 aromatic heterocycles. The van der Waals surface area contributed by atoms with Gasteiger partial charge in [-0.2, -0.15) is 5.26 Å². The highest BCUT2D eigenvalue weighted by atomic mass is 32.2. The Morgan fingerprint density at radius 3 is 2.75 bits per heavy atom. The van der Waals surface area contributed by atoms with Gasteiger partial charge >= 0.3 is 5.69 Å². The molecule has 0 saturated carbocycles. The van der Waals surface area contributed by atoms with Crippen molar-refractivity contribution in [2.24, 2.45) is 7.05 Å². The molecule has 0 fully saturated rings. The lowest BCUT2D eigenvalue weighted by Crippen LogP contribution is -2.16. The van der Waals surface area contributed by atoms with Gasteiger partial charge in [-0.3, -0.25) is 9.36 Å². The number of hydrogen-bond donors (Lipinski definition) is 2. The number of anilines is 1. The molecular formula is C12H11N5O2S. The molecule has 2 N–H and O–H groups in total. The molecule has 20 heavy (non-hydrogen) atoms. The SMILES string of the molecule is Cn1c(SCC(=O)Nc2ccc(C#N)cc2)n[nH]c1=O. The van der Waals surface area contributed by atoms with Crippen molar-refractivity contribution >= 4 is 23.4 Å².